The number of nitrogens with zero attached hydrogens (tertiary/aromatic N) is 1. The third-order valence-corrected chi connectivity index (χ3v) is 2.70. The molecule has 0 radical (unpaired) electrons. The van der Waals surface area contributed by atoms with Crippen LogP contribution in [0, 0.1) is 25.2 Å². The van der Waals surface area contributed by atoms with Gasteiger partial charge in [0.05, 0.1) is 11.6 Å². The van der Waals surface area contributed by atoms with Crippen LogP contribution in [0.2, 0.25) is 0 Å². The van der Waals surface area contributed by atoms with Crippen molar-refractivity contribution in [3.63, 3.8) is 0 Å². The zero-order valence-corrected chi connectivity index (χ0v) is 9.49. The van der Waals surface area contributed by atoms with Crippen molar-refractivity contribution >= 4 is 0 Å². The van der Waals surface area contributed by atoms with Gasteiger partial charge in [0.1, 0.15) is 0 Å². The predicted octanol–water partition coefficient (Wildman–Crippen LogP) is 3.84. The van der Waals surface area contributed by atoms with Gasteiger partial charge >= 0.3 is 0 Å². The molecule has 0 saturated carbocycles. The van der Waals surface area contributed by atoms with Gasteiger partial charge in [0.2, 0.25) is 0 Å². The molecule has 0 unspecified atom stereocenters. The maximum Gasteiger partial charge on any atom is 0.0998 e. The van der Waals surface area contributed by atoms with Crippen LogP contribution in [0.1, 0.15) is 16.7 Å². The normalized spacial score (nSPS) is 9.81. The van der Waals surface area contributed by atoms with Gasteiger partial charge in [0.25, 0.3) is 0 Å². The molecule has 0 fully saturated rings. The summed E-state index contributed by atoms with van der Waals surface area (Å²) in [6, 6.07) is 16.3. The molecule has 0 bridgehead atoms. The van der Waals surface area contributed by atoms with Gasteiger partial charge in [-0.1, -0.05) is 42.0 Å². The van der Waals surface area contributed by atoms with Crippen LogP contribution >= 0.6 is 0 Å². The van der Waals surface area contributed by atoms with Crippen molar-refractivity contribution in [2.75, 3.05) is 0 Å². The van der Waals surface area contributed by atoms with Crippen LogP contribution in [0.25, 0.3) is 11.1 Å². The van der Waals surface area contributed by atoms with Gasteiger partial charge in [0.15, 0.2) is 0 Å². The molecule has 0 aliphatic rings. The summed E-state index contributed by atoms with van der Waals surface area (Å²) in [7, 11) is 0. The lowest BCUT2D eigenvalue weighted by atomic mass is 9.95. The fourth-order valence-corrected chi connectivity index (χ4v) is 1.94. The first-order chi connectivity index (χ1) is 7.72. The van der Waals surface area contributed by atoms with E-state index in [-0.39, 0.29) is 0 Å². The molecule has 0 atom stereocenters. The molecule has 0 spiro atoms. The van der Waals surface area contributed by atoms with Gasteiger partial charge in [-0.05, 0) is 31.0 Å². The zero-order chi connectivity index (χ0) is 11.5. The minimum Gasteiger partial charge on any atom is -0.192 e. The first-order valence-electron chi connectivity index (χ1n) is 5.29. The Morgan fingerprint density at radius 1 is 1.00 bits per heavy atom. The second-order valence-corrected chi connectivity index (χ2v) is 3.98. The lowest BCUT2D eigenvalue weighted by Gasteiger charge is -2.08. The van der Waals surface area contributed by atoms with E-state index in [9.17, 15) is 0 Å². The fourth-order valence-electron chi connectivity index (χ4n) is 1.94. The number of benzene rings is 2. The van der Waals surface area contributed by atoms with Crippen LogP contribution in [0.15, 0.2) is 42.5 Å². The molecule has 78 valence electrons. The van der Waals surface area contributed by atoms with E-state index in [0.29, 0.717) is 0 Å². The lowest BCUT2D eigenvalue weighted by molar-refractivity contribution is 1.39. The summed E-state index contributed by atoms with van der Waals surface area (Å²) in [6.07, 6.45) is 0. The van der Waals surface area contributed by atoms with E-state index in [1.165, 1.54) is 5.56 Å². The van der Waals surface area contributed by atoms with Crippen molar-refractivity contribution in [2.45, 2.75) is 13.8 Å². The number of hydrogen-bond acceptors (Lipinski definition) is 1. The van der Waals surface area contributed by atoms with Crippen molar-refractivity contribution in [2.24, 2.45) is 0 Å². The Morgan fingerprint density at radius 3 is 2.44 bits per heavy atom. The van der Waals surface area contributed by atoms with Gasteiger partial charge in [-0.25, -0.2) is 0 Å². The molecule has 0 heterocycles. The van der Waals surface area contributed by atoms with Gasteiger partial charge < -0.3 is 0 Å². The van der Waals surface area contributed by atoms with Crippen LogP contribution in [-0.2, 0) is 0 Å². The lowest BCUT2D eigenvalue weighted by Crippen LogP contribution is -1.88. The highest BCUT2D eigenvalue weighted by molar-refractivity contribution is 5.74. The molecule has 0 saturated heterocycles. The predicted molar refractivity (Wildman–Crippen MR) is 66.1 cm³/mol. The number of rotatable bonds is 1. The summed E-state index contributed by atoms with van der Waals surface area (Å²) in [5.41, 5.74) is 5.27. The third kappa shape index (κ3) is 1.83. The van der Waals surface area contributed by atoms with Crippen molar-refractivity contribution in [3.05, 3.63) is 59.2 Å². The zero-order valence-electron chi connectivity index (χ0n) is 9.49. The van der Waals surface area contributed by atoms with Crippen LogP contribution in [0.4, 0.5) is 0 Å². The summed E-state index contributed by atoms with van der Waals surface area (Å²) in [5.74, 6) is 0. The van der Waals surface area contributed by atoms with Gasteiger partial charge in [0, 0.05) is 5.56 Å². The number of nitriles is 1. The smallest absolute Gasteiger partial charge is 0.0998 e. The first-order valence-corrected chi connectivity index (χ1v) is 5.29. The van der Waals surface area contributed by atoms with E-state index in [1.807, 2.05) is 31.2 Å². The summed E-state index contributed by atoms with van der Waals surface area (Å²) >= 11 is 0. The van der Waals surface area contributed by atoms with Crippen LogP contribution in [0.5, 0.6) is 0 Å². The number of hydrogen-bond donors (Lipinski definition) is 0. The van der Waals surface area contributed by atoms with Crippen molar-refractivity contribution < 1.29 is 0 Å². The standard InChI is InChI=1S/C15H13N/c1-11-5-3-7-13(9-11)15-12(2)6-4-8-14(15)10-16/h3-9H,1-2H3. The van der Waals surface area contributed by atoms with Gasteiger partial charge in [-0.2, -0.15) is 5.26 Å². The monoisotopic (exact) mass is 207 g/mol. The third-order valence-electron chi connectivity index (χ3n) is 2.70. The largest absolute Gasteiger partial charge is 0.192 e. The number of aryl methyl sites for hydroxylation is 2. The summed E-state index contributed by atoms with van der Waals surface area (Å²) in [5, 5.41) is 9.12. The van der Waals surface area contributed by atoms with E-state index in [2.05, 4.69) is 31.2 Å². The Balaban J connectivity index is 2.69. The highest BCUT2D eigenvalue weighted by Crippen LogP contribution is 2.27. The van der Waals surface area contributed by atoms with Crippen LogP contribution in [-0.4, -0.2) is 0 Å². The summed E-state index contributed by atoms with van der Waals surface area (Å²) in [6.45, 7) is 4.10. The highest BCUT2D eigenvalue weighted by Gasteiger charge is 2.07. The molecular formula is C15H13N. The molecule has 1 heteroatoms. The van der Waals surface area contributed by atoms with E-state index >= 15 is 0 Å². The van der Waals surface area contributed by atoms with Crippen molar-refractivity contribution in [1.29, 1.82) is 5.26 Å². The SMILES string of the molecule is Cc1cccc(-c2c(C)cccc2C#N)c1. The topological polar surface area (TPSA) is 23.8 Å². The Bertz CT molecular complexity index is 562. The van der Waals surface area contributed by atoms with Crippen LogP contribution in [0.3, 0.4) is 0 Å². The maximum atomic E-state index is 9.12. The average molecular weight is 207 g/mol. The van der Waals surface area contributed by atoms with E-state index in [0.717, 1.165) is 22.3 Å². The second-order valence-electron chi connectivity index (χ2n) is 3.98. The molecule has 16 heavy (non-hydrogen) atoms. The second kappa shape index (κ2) is 4.20. The summed E-state index contributed by atoms with van der Waals surface area (Å²) in [4.78, 5) is 0. The molecule has 0 aliphatic heterocycles. The molecular weight excluding hydrogens is 194 g/mol. The Morgan fingerprint density at radius 2 is 1.75 bits per heavy atom. The Kier molecular flexibility index (Phi) is 2.74. The molecule has 2 aromatic rings. The van der Waals surface area contributed by atoms with Gasteiger partial charge in [-0.15, -0.1) is 0 Å². The van der Waals surface area contributed by atoms with Crippen molar-refractivity contribution in [3.8, 4) is 17.2 Å². The minimum atomic E-state index is 0.741. The average Bonchev–Trinajstić information content (AvgIpc) is 2.28. The Hall–Kier alpha value is -2.07. The van der Waals surface area contributed by atoms with Crippen LogP contribution < -0.4 is 0 Å². The maximum absolute atomic E-state index is 9.12. The minimum absolute atomic E-state index is 0.741. The molecule has 0 amide bonds. The van der Waals surface area contributed by atoms with Gasteiger partial charge in [-0.3, -0.25) is 0 Å². The van der Waals surface area contributed by atoms with Crippen molar-refractivity contribution in [1.82, 2.24) is 0 Å². The molecule has 0 aliphatic carbocycles. The van der Waals surface area contributed by atoms with E-state index in [4.69, 9.17) is 5.26 Å². The fraction of sp³-hybridized carbons (Fsp3) is 0.133. The highest BCUT2D eigenvalue weighted by atomic mass is 14.2. The Labute approximate surface area is 96.0 Å². The molecule has 1 nitrogen and oxygen atoms in total. The van der Waals surface area contributed by atoms with E-state index in [1.54, 1.807) is 0 Å². The quantitative estimate of drug-likeness (QED) is 0.697. The molecule has 2 rings (SSSR count). The van der Waals surface area contributed by atoms with E-state index < -0.39 is 0 Å². The molecule has 0 N–H and O–H groups in total. The first kappa shape index (κ1) is 10.4. The molecule has 0 aromatic heterocycles. The summed E-state index contributed by atoms with van der Waals surface area (Å²) < 4.78 is 0. The molecule has 2 aromatic carbocycles.